The number of esters is 1. The molecule has 15 heavy (non-hydrogen) atoms. The quantitative estimate of drug-likeness (QED) is 0.169. The van der Waals surface area contributed by atoms with Crippen LogP contribution in [-0.4, -0.2) is 37.4 Å². The average molecular weight is 256 g/mol. The topological polar surface area (TPSA) is 126 Å². The molecule has 0 aromatic rings. The minimum absolute atomic E-state index is 0.0707. The van der Waals surface area contributed by atoms with Crippen molar-refractivity contribution in [3.63, 3.8) is 0 Å². The highest BCUT2D eigenvalue weighted by atomic mass is 35.7. The first-order chi connectivity index (χ1) is 6.81. The number of rotatable bonds is 4. The maximum Gasteiger partial charge on any atom is 0.463 e. The van der Waals surface area contributed by atoms with Crippen LogP contribution in [0, 0.1) is 0 Å². The Balaban J connectivity index is 4.81. The van der Waals surface area contributed by atoms with Crippen LogP contribution in [0.25, 0.3) is 5.53 Å². The molecule has 0 bridgehead atoms. The van der Waals surface area contributed by atoms with Gasteiger partial charge in [-0.05, 0) is 6.92 Å². The molecule has 0 rings (SSSR count). The third-order valence-corrected chi connectivity index (χ3v) is 1.66. The van der Waals surface area contributed by atoms with E-state index >= 15 is 0 Å². The Morgan fingerprint density at radius 3 is 2.40 bits per heavy atom. The minimum atomic E-state index is -4.35. The zero-order valence-electron chi connectivity index (χ0n) is 7.43. The van der Waals surface area contributed by atoms with Crippen LogP contribution in [0.3, 0.4) is 0 Å². The second-order valence-electron chi connectivity index (χ2n) is 2.04. The molecular formula is C5H6ClN3O5S. The van der Waals surface area contributed by atoms with Crippen LogP contribution in [-0.2, 0) is 23.6 Å². The van der Waals surface area contributed by atoms with Crippen molar-refractivity contribution in [3.05, 3.63) is 5.53 Å². The number of carbonyl (C=O) groups excluding carboxylic acids is 2. The summed E-state index contributed by atoms with van der Waals surface area (Å²) < 4.78 is 26.3. The molecule has 84 valence electrons. The molecule has 0 aromatic carbocycles. The van der Waals surface area contributed by atoms with Crippen LogP contribution in [0.15, 0.2) is 0 Å². The van der Waals surface area contributed by atoms with Crippen LogP contribution in [0.2, 0.25) is 0 Å². The molecule has 0 unspecified atom stereocenters. The number of nitrogens with one attached hydrogen (secondary N) is 1. The van der Waals surface area contributed by atoms with Crippen molar-refractivity contribution in [1.82, 2.24) is 4.72 Å². The Bertz CT molecular complexity index is 424. The lowest BCUT2D eigenvalue weighted by Crippen LogP contribution is -2.39. The van der Waals surface area contributed by atoms with Gasteiger partial charge in [0.25, 0.3) is 0 Å². The van der Waals surface area contributed by atoms with Crippen LogP contribution >= 0.6 is 10.7 Å². The fourth-order valence-corrected chi connectivity index (χ4v) is 1.07. The average Bonchev–Trinajstić information content (AvgIpc) is 2.02. The number of halogens is 1. The minimum Gasteiger partial charge on any atom is -0.457 e. The predicted molar refractivity (Wildman–Crippen MR) is 48.2 cm³/mol. The first kappa shape index (κ1) is 13.6. The SMILES string of the molecule is CCOC(=O)C(=[N+]=[N-])C(=O)NS(=O)(=O)Cl. The van der Waals surface area contributed by atoms with Crippen LogP contribution in [0.4, 0.5) is 0 Å². The molecule has 0 fully saturated rings. The van der Waals surface area contributed by atoms with E-state index in [1.165, 1.54) is 11.6 Å². The summed E-state index contributed by atoms with van der Waals surface area (Å²) in [5.41, 5.74) is 7.17. The molecule has 0 saturated carbocycles. The van der Waals surface area contributed by atoms with Crippen molar-refractivity contribution in [2.45, 2.75) is 6.92 Å². The summed E-state index contributed by atoms with van der Waals surface area (Å²) in [7, 11) is 0.308. The number of carbonyl (C=O) groups is 2. The third-order valence-electron chi connectivity index (χ3n) is 0.998. The molecule has 0 heterocycles. The van der Waals surface area contributed by atoms with Gasteiger partial charge in [-0.25, -0.2) is 9.52 Å². The van der Waals surface area contributed by atoms with E-state index in [4.69, 9.17) is 5.53 Å². The fraction of sp³-hybridized carbons (Fsp3) is 0.400. The van der Waals surface area contributed by atoms with Gasteiger partial charge in [-0.15, -0.1) is 0 Å². The monoisotopic (exact) mass is 255 g/mol. The Morgan fingerprint density at radius 2 is 2.07 bits per heavy atom. The van der Waals surface area contributed by atoms with Gasteiger partial charge in [-0.1, -0.05) is 0 Å². The fourth-order valence-electron chi connectivity index (χ4n) is 0.537. The van der Waals surface area contributed by atoms with Crippen LogP contribution < -0.4 is 4.72 Å². The normalized spacial score (nSPS) is 10.0. The van der Waals surface area contributed by atoms with E-state index in [2.05, 4.69) is 20.2 Å². The maximum atomic E-state index is 10.9. The van der Waals surface area contributed by atoms with Crippen molar-refractivity contribution in [3.8, 4) is 0 Å². The van der Waals surface area contributed by atoms with E-state index in [9.17, 15) is 18.0 Å². The van der Waals surface area contributed by atoms with Gasteiger partial charge in [0.05, 0.1) is 6.61 Å². The standard InChI is InChI=1S/C5H6ClN3O5S/c1-2-14-5(11)3(8-7)4(10)9-15(6,12)13/h2H2,1H3,(H,9,10). The lowest BCUT2D eigenvalue weighted by molar-refractivity contribution is -0.141. The molecule has 0 aromatic heterocycles. The summed E-state index contributed by atoms with van der Waals surface area (Å²) in [6, 6.07) is 0. The lowest BCUT2D eigenvalue weighted by atomic mass is 10.4. The highest BCUT2D eigenvalue weighted by Crippen LogP contribution is 1.91. The van der Waals surface area contributed by atoms with E-state index < -0.39 is 26.8 Å². The van der Waals surface area contributed by atoms with Crippen molar-refractivity contribution in [2.75, 3.05) is 6.61 Å². The molecule has 0 spiro atoms. The molecule has 0 saturated heterocycles. The zero-order chi connectivity index (χ0) is 12.1. The number of hydrogen-bond acceptors (Lipinski definition) is 5. The van der Waals surface area contributed by atoms with Gasteiger partial charge in [0.1, 0.15) is 0 Å². The predicted octanol–water partition coefficient (Wildman–Crippen LogP) is -1.18. The van der Waals surface area contributed by atoms with E-state index in [1.54, 1.807) is 0 Å². The van der Waals surface area contributed by atoms with Crippen LogP contribution in [0.1, 0.15) is 6.92 Å². The second-order valence-corrected chi connectivity index (χ2v) is 4.34. The molecule has 0 aliphatic carbocycles. The van der Waals surface area contributed by atoms with Gasteiger partial charge in [0.2, 0.25) is 0 Å². The highest BCUT2D eigenvalue weighted by Gasteiger charge is 2.33. The number of amides is 1. The molecule has 0 aliphatic heterocycles. The smallest absolute Gasteiger partial charge is 0.457 e. The molecule has 0 aliphatic rings. The molecule has 0 radical (unpaired) electrons. The summed E-state index contributed by atoms with van der Waals surface area (Å²) in [6.45, 7) is 1.38. The van der Waals surface area contributed by atoms with Gasteiger partial charge in [0, 0.05) is 10.7 Å². The van der Waals surface area contributed by atoms with Gasteiger partial charge in [-0.2, -0.15) is 13.2 Å². The Hall–Kier alpha value is -1.44. The largest absolute Gasteiger partial charge is 0.463 e. The Kier molecular flexibility index (Phi) is 4.92. The van der Waals surface area contributed by atoms with Crippen molar-refractivity contribution in [1.29, 1.82) is 0 Å². The Morgan fingerprint density at radius 1 is 1.53 bits per heavy atom. The second kappa shape index (κ2) is 5.44. The molecule has 0 atom stereocenters. The van der Waals surface area contributed by atoms with Crippen LogP contribution in [0.5, 0.6) is 0 Å². The van der Waals surface area contributed by atoms with E-state index in [0.29, 0.717) is 0 Å². The number of ether oxygens (including phenoxy) is 1. The highest BCUT2D eigenvalue weighted by molar-refractivity contribution is 8.12. The molecule has 10 heteroatoms. The Labute approximate surface area is 89.3 Å². The summed E-state index contributed by atoms with van der Waals surface area (Å²) in [4.78, 5) is 24.1. The van der Waals surface area contributed by atoms with Gasteiger partial charge in [0.15, 0.2) is 0 Å². The van der Waals surface area contributed by atoms with Crippen molar-refractivity contribution < 1.29 is 27.5 Å². The number of nitrogens with zero attached hydrogens (tertiary/aromatic N) is 2. The van der Waals surface area contributed by atoms with Gasteiger partial charge < -0.3 is 10.3 Å². The molecule has 1 N–H and O–H groups in total. The van der Waals surface area contributed by atoms with Gasteiger partial charge in [-0.3, -0.25) is 4.79 Å². The lowest BCUT2D eigenvalue weighted by Gasteiger charge is -1.97. The first-order valence-electron chi connectivity index (χ1n) is 3.47. The molecule has 8 nitrogen and oxygen atoms in total. The summed E-state index contributed by atoms with van der Waals surface area (Å²) >= 11 is 0. The third kappa shape index (κ3) is 5.11. The van der Waals surface area contributed by atoms with E-state index in [1.807, 2.05) is 0 Å². The van der Waals surface area contributed by atoms with Crippen molar-refractivity contribution in [2.24, 2.45) is 0 Å². The zero-order valence-corrected chi connectivity index (χ0v) is 9.00. The number of hydrogen-bond donors (Lipinski definition) is 1. The van der Waals surface area contributed by atoms with E-state index in [0.717, 1.165) is 0 Å². The first-order valence-corrected chi connectivity index (χ1v) is 5.78. The summed E-state index contributed by atoms with van der Waals surface area (Å²) in [6.07, 6.45) is 0. The van der Waals surface area contributed by atoms with Crippen molar-refractivity contribution >= 4 is 37.5 Å². The van der Waals surface area contributed by atoms with E-state index in [-0.39, 0.29) is 6.61 Å². The summed E-state index contributed by atoms with van der Waals surface area (Å²) in [5, 5.41) is 0. The molecule has 1 amide bonds. The summed E-state index contributed by atoms with van der Waals surface area (Å²) in [5.74, 6) is -2.75. The van der Waals surface area contributed by atoms with Gasteiger partial charge >= 0.3 is 26.8 Å². The maximum absolute atomic E-state index is 10.9. The molecular weight excluding hydrogens is 250 g/mol.